The first-order valence-electron chi connectivity index (χ1n) is 6.37. The van der Waals surface area contributed by atoms with E-state index in [-0.39, 0.29) is 5.91 Å². The molecule has 100 valence electrons. The van der Waals surface area contributed by atoms with Gasteiger partial charge in [0.15, 0.2) is 0 Å². The molecule has 0 atom stereocenters. The van der Waals surface area contributed by atoms with Crippen LogP contribution in [0.2, 0.25) is 0 Å². The number of nitrogens with two attached hydrogens (primary N) is 1. The van der Waals surface area contributed by atoms with Crippen molar-refractivity contribution in [2.24, 2.45) is 0 Å². The number of nitrogen functional groups attached to an aromatic ring is 1. The Bertz CT molecular complexity index is 589. The summed E-state index contributed by atoms with van der Waals surface area (Å²) in [5.41, 5.74) is 7.82. The lowest BCUT2D eigenvalue weighted by atomic mass is 10.1. The summed E-state index contributed by atoms with van der Waals surface area (Å²) in [6, 6.07) is 5.27. The smallest absolute Gasteiger partial charge is 0.253 e. The van der Waals surface area contributed by atoms with E-state index in [0.29, 0.717) is 17.8 Å². The van der Waals surface area contributed by atoms with Gasteiger partial charge in [-0.05, 0) is 25.1 Å². The Morgan fingerprint density at radius 3 is 2.89 bits per heavy atom. The largest absolute Gasteiger partial charge is 0.399 e. The van der Waals surface area contributed by atoms with Crippen molar-refractivity contribution in [3.05, 3.63) is 42.0 Å². The maximum absolute atomic E-state index is 12.1. The van der Waals surface area contributed by atoms with Gasteiger partial charge < -0.3 is 15.6 Å². The number of hydrogen-bond donors (Lipinski definition) is 2. The van der Waals surface area contributed by atoms with Crippen molar-refractivity contribution in [1.82, 2.24) is 14.9 Å². The Hall–Kier alpha value is -2.30. The summed E-state index contributed by atoms with van der Waals surface area (Å²) >= 11 is 0. The third kappa shape index (κ3) is 2.59. The van der Waals surface area contributed by atoms with Crippen molar-refractivity contribution in [2.45, 2.75) is 20.3 Å². The second kappa shape index (κ2) is 5.56. The van der Waals surface area contributed by atoms with Crippen LogP contribution in [0.3, 0.4) is 0 Å². The lowest BCUT2D eigenvalue weighted by molar-refractivity contribution is 0.0956. The fourth-order valence-corrected chi connectivity index (χ4v) is 2.01. The molecular weight excluding hydrogens is 240 g/mol. The van der Waals surface area contributed by atoms with Gasteiger partial charge in [-0.3, -0.25) is 4.79 Å². The Morgan fingerprint density at radius 1 is 1.42 bits per heavy atom. The quantitative estimate of drug-likeness (QED) is 0.821. The van der Waals surface area contributed by atoms with Gasteiger partial charge in [-0.2, -0.15) is 0 Å². The molecule has 0 radical (unpaired) electrons. The zero-order chi connectivity index (χ0) is 13.8. The highest BCUT2D eigenvalue weighted by molar-refractivity contribution is 5.98. The molecule has 19 heavy (non-hydrogen) atoms. The normalized spacial score (nSPS) is 10.4. The Kier molecular flexibility index (Phi) is 3.85. The molecule has 0 fully saturated rings. The summed E-state index contributed by atoms with van der Waals surface area (Å²) in [5, 5.41) is 2.81. The van der Waals surface area contributed by atoms with Crippen LogP contribution in [0, 0.1) is 0 Å². The zero-order valence-electron chi connectivity index (χ0n) is 11.2. The molecule has 5 heteroatoms. The van der Waals surface area contributed by atoms with Gasteiger partial charge in [0, 0.05) is 31.0 Å². The van der Waals surface area contributed by atoms with E-state index in [1.807, 2.05) is 24.6 Å². The summed E-state index contributed by atoms with van der Waals surface area (Å²) in [6.45, 7) is 4.51. The zero-order valence-corrected chi connectivity index (χ0v) is 11.2. The molecule has 1 amide bonds. The summed E-state index contributed by atoms with van der Waals surface area (Å²) in [5.74, 6) is 0.796. The number of nitrogens with zero attached hydrogens (tertiary/aromatic N) is 2. The van der Waals surface area contributed by atoms with Crippen LogP contribution >= 0.6 is 0 Å². The van der Waals surface area contributed by atoms with Crippen molar-refractivity contribution in [3.8, 4) is 5.69 Å². The summed E-state index contributed by atoms with van der Waals surface area (Å²) in [4.78, 5) is 16.4. The van der Waals surface area contributed by atoms with Gasteiger partial charge >= 0.3 is 0 Å². The molecule has 0 saturated heterocycles. The standard InChI is InChI=1S/C14H18N4O/c1-3-13-17-7-8-18(13)12-9-10(15)5-6-11(12)14(19)16-4-2/h5-9H,3-4,15H2,1-2H3,(H,16,19). The first kappa shape index (κ1) is 13.1. The molecule has 1 heterocycles. The van der Waals surface area contributed by atoms with Crippen LogP contribution in [-0.4, -0.2) is 22.0 Å². The highest BCUT2D eigenvalue weighted by atomic mass is 16.1. The summed E-state index contributed by atoms with van der Waals surface area (Å²) < 4.78 is 1.90. The van der Waals surface area contributed by atoms with Gasteiger partial charge in [0.05, 0.1) is 11.3 Å². The highest BCUT2D eigenvalue weighted by Gasteiger charge is 2.14. The maximum Gasteiger partial charge on any atom is 0.253 e. The van der Waals surface area contributed by atoms with Crippen molar-refractivity contribution in [1.29, 1.82) is 0 Å². The number of aryl methyl sites for hydroxylation is 1. The van der Waals surface area contributed by atoms with E-state index in [0.717, 1.165) is 17.9 Å². The molecule has 5 nitrogen and oxygen atoms in total. The van der Waals surface area contributed by atoms with Crippen LogP contribution in [0.1, 0.15) is 30.0 Å². The SMILES string of the molecule is CCNC(=O)c1ccc(N)cc1-n1ccnc1CC. The lowest BCUT2D eigenvalue weighted by Crippen LogP contribution is -2.24. The number of hydrogen-bond acceptors (Lipinski definition) is 3. The van der Waals surface area contributed by atoms with Crippen molar-refractivity contribution >= 4 is 11.6 Å². The molecule has 0 aliphatic carbocycles. The molecule has 0 bridgehead atoms. The van der Waals surface area contributed by atoms with Crippen LogP contribution in [0.25, 0.3) is 5.69 Å². The van der Waals surface area contributed by atoms with Crippen molar-refractivity contribution in [2.75, 3.05) is 12.3 Å². The Balaban J connectivity index is 2.55. The molecule has 1 aromatic heterocycles. The van der Waals surface area contributed by atoms with Crippen LogP contribution in [0.4, 0.5) is 5.69 Å². The van der Waals surface area contributed by atoms with Crippen LogP contribution < -0.4 is 11.1 Å². The molecule has 1 aromatic carbocycles. The van der Waals surface area contributed by atoms with E-state index in [2.05, 4.69) is 10.3 Å². The topological polar surface area (TPSA) is 72.9 Å². The maximum atomic E-state index is 12.1. The van der Waals surface area contributed by atoms with Gasteiger partial charge in [0.1, 0.15) is 5.82 Å². The molecule has 3 N–H and O–H groups in total. The summed E-state index contributed by atoms with van der Waals surface area (Å²) in [7, 11) is 0. The molecule has 0 unspecified atom stereocenters. The van der Waals surface area contributed by atoms with E-state index in [1.165, 1.54) is 0 Å². The fourth-order valence-electron chi connectivity index (χ4n) is 2.01. The number of carbonyl (C=O) groups excluding carboxylic acids is 1. The number of imidazole rings is 1. The fraction of sp³-hybridized carbons (Fsp3) is 0.286. The molecule has 0 spiro atoms. The van der Waals surface area contributed by atoms with E-state index in [4.69, 9.17) is 5.73 Å². The monoisotopic (exact) mass is 258 g/mol. The van der Waals surface area contributed by atoms with E-state index >= 15 is 0 Å². The summed E-state index contributed by atoms with van der Waals surface area (Å²) in [6.07, 6.45) is 4.36. The lowest BCUT2D eigenvalue weighted by Gasteiger charge is -2.13. The number of anilines is 1. The number of nitrogens with one attached hydrogen (secondary N) is 1. The van der Waals surface area contributed by atoms with Crippen molar-refractivity contribution < 1.29 is 4.79 Å². The van der Waals surface area contributed by atoms with Gasteiger partial charge in [0.25, 0.3) is 5.91 Å². The number of rotatable bonds is 4. The molecule has 0 saturated carbocycles. The number of benzene rings is 1. The molecule has 0 aliphatic heterocycles. The minimum absolute atomic E-state index is 0.103. The van der Waals surface area contributed by atoms with Gasteiger partial charge in [-0.1, -0.05) is 6.92 Å². The van der Waals surface area contributed by atoms with Crippen LogP contribution in [0.5, 0.6) is 0 Å². The van der Waals surface area contributed by atoms with Gasteiger partial charge in [0.2, 0.25) is 0 Å². The highest BCUT2D eigenvalue weighted by Crippen LogP contribution is 2.20. The Labute approximate surface area is 112 Å². The third-order valence-corrected chi connectivity index (χ3v) is 2.90. The average Bonchev–Trinajstić information content (AvgIpc) is 2.86. The van der Waals surface area contributed by atoms with Crippen LogP contribution in [0.15, 0.2) is 30.6 Å². The number of carbonyl (C=O) groups is 1. The van der Waals surface area contributed by atoms with E-state index in [9.17, 15) is 4.79 Å². The van der Waals surface area contributed by atoms with Crippen LogP contribution in [-0.2, 0) is 6.42 Å². The minimum Gasteiger partial charge on any atom is -0.399 e. The second-order valence-corrected chi connectivity index (χ2v) is 4.20. The third-order valence-electron chi connectivity index (χ3n) is 2.90. The molecule has 2 rings (SSSR count). The molecular formula is C14H18N4O. The molecule has 2 aromatic rings. The van der Waals surface area contributed by atoms with Crippen molar-refractivity contribution in [3.63, 3.8) is 0 Å². The first-order valence-corrected chi connectivity index (χ1v) is 6.37. The van der Waals surface area contributed by atoms with E-state index in [1.54, 1.807) is 24.4 Å². The second-order valence-electron chi connectivity index (χ2n) is 4.20. The van der Waals surface area contributed by atoms with Gasteiger partial charge in [-0.15, -0.1) is 0 Å². The molecule has 0 aliphatic rings. The predicted molar refractivity (Wildman–Crippen MR) is 75.4 cm³/mol. The number of amides is 1. The van der Waals surface area contributed by atoms with E-state index < -0.39 is 0 Å². The van der Waals surface area contributed by atoms with Gasteiger partial charge in [-0.25, -0.2) is 4.98 Å². The first-order chi connectivity index (χ1) is 9.17. The number of aromatic nitrogens is 2. The minimum atomic E-state index is -0.103. The predicted octanol–water partition coefficient (Wildman–Crippen LogP) is 1.77. The Morgan fingerprint density at radius 2 is 2.21 bits per heavy atom. The average molecular weight is 258 g/mol.